The van der Waals surface area contributed by atoms with Crippen molar-refractivity contribution in [2.24, 2.45) is 0 Å². The third-order valence-corrected chi connectivity index (χ3v) is 2.46. The molecule has 0 heterocycles. The molecule has 0 aromatic heterocycles. The molecule has 0 atom stereocenters. The van der Waals surface area contributed by atoms with E-state index < -0.39 is 0 Å². The number of benzene rings is 1. The van der Waals surface area contributed by atoms with Crippen LogP contribution in [0.25, 0.3) is 0 Å². The maximum absolute atomic E-state index is 11.0. The molecule has 1 aromatic rings. The number of anilines is 1. The van der Waals surface area contributed by atoms with Gasteiger partial charge in [-0.15, -0.1) is 0 Å². The quantitative estimate of drug-likeness (QED) is 0.524. The number of rotatable bonds is 6. The molecule has 0 bridgehead atoms. The van der Waals surface area contributed by atoms with Crippen LogP contribution in [0.5, 0.6) is 0 Å². The zero-order valence-electron chi connectivity index (χ0n) is 9.39. The molecule has 3 heteroatoms. The molecule has 0 aliphatic heterocycles. The van der Waals surface area contributed by atoms with Crippen LogP contribution in [0.3, 0.4) is 0 Å². The molecule has 0 spiro atoms. The number of carbonyl (C=O) groups excluding carboxylic acids is 1. The van der Waals surface area contributed by atoms with E-state index in [0.29, 0.717) is 6.67 Å². The van der Waals surface area contributed by atoms with Gasteiger partial charge in [-0.1, -0.05) is 32.0 Å². The van der Waals surface area contributed by atoms with Crippen molar-refractivity contribution in [3.05, 3.63) is 30.3 Å². The van der Waals surface area contributed by atoms with Gasteiger partial charge in [0.25, 0.3) is 0 Å². The van der Waals surface area contributed by atoms with Crippen LogP contribution < -0.4 is 4.90 Å². The molecule has 0 aliphatic rings. The lowest BCUT2D eigenvalue weighted by Crippen LogP contribution is -2.37. The van der Waals surface area contributed by atoms with Crippen LogP contribution in [0, 0.1) is 0 Å². The summed E-state index contributed by atoms with van der Waals surface area (Å²) in [5.41, 5.74) is 0.944. The maximum Gasteiger partial charge on any atom is 0.215 e. The molecule has 82 valence electrons. The molecule has 3 nitrogen and oxygen atoms in total. The van der Waals surface area contributed by atoms with E-state index >= 15 is 0 Å². The molecule has 1 amide bonds. The van der Waals surface area contributed by atoms with Gasteiger partial charge in [-0.2, -0.15) is 0 Å². The summed E-state index contributed by atoms with van der Waals surface area (Å²) in [4.78, 5) is 14.9. The fourth-order valence-corrected chi connectivity index (χ4v) is 1.43. The Morgan fingerprint density at radius 1 is 1.13 bits per heavy atom. The van der Waals surface area contributed by atoms with Crippen molar-refractivity contribution in [1.29, 1.82) is 0 Å². The van der Waals surface area contributed by atoms with Crippen LogP contribution in [0.1, 0.15) is 13.8 Å². The Morgan fingerprint density at radius 3 is 2.20 bits per heavy atom. The van der Waals surface area contributed by atoms with E-state index in [0.717, 1.165) is 25.2 Å². The van der Waals surface area contributed by atoms with E-state index in [1.165, 1.54) is 0 Å². The SMILES string of the molecule is CCN(CC)CN(C=O)c1ccccc1. The largest absolute Gasteiger partial charge is 0.302 e. The summed E-state index contributed by atoms with van der Waals surface area (Å²) in [5, 5.41) is 0. The second kappa shape index (κ2) is 6.19. The number of hydrogen-bond donors (Lipinski definition) is 0. The number of nitrogens with zero attached hydrogens (tertiary/aromatic N) is 2. The molecular formula is C12H18N2O. The lowest BCUT2D eigenvalue weighted by atomic mass is 10.3. The average Bonchev–Trinajstić information content (AvgIpc) is 2.32. The second-order valence-electron chi connectivity index (χ2n) is 3.36. The summed E-state index contributed by atoms with van der Waals surface area (Å²) >= 11 is 0. The Bertz CT molecular complexity index is 283. The zero-order valence-corrected chi connectivity index (χ0v) is 9.39. The van der Waals surface area contributed by atoms with Crippen LogP contribution in [-0.2, 0) is 4.79 Å². The average molecular weight is 206 g/mol. The Kier molecular flexibility index (Phi) is 4.84. The van der Waals surface area contributed by atoms with Gasteiger partial charge in [0.05, 0.1) is 6.67 Å². The molecule has 0 radical (unpaired) electrons. The number of para-hydroxylation sites is 1. The third-order valence-electron chi connectivity index (χ3n) is 2.46. The van der Waals surface area contributed by atoms with Crippen LogP contribution in [0.15, 0.2) is 30.3 Å². The molecule has 1 aromatic carbocycles. The number of carbonyl (C=O) groups is 1. The highest BCUT2D eigenvalue weighted by Crippen LogP contribution is 2.11. The first-order chi connectivity index (χ1) is 7.31. The highest BCUT2D eigenvalue weighted by atomic mass is 16.1. The molecule has 0 saturated heterocycles. The second-order valence-corrected chi connectivity index (χ2v) is 3.36. The number of amides is 1. The molecule has 15 heavy (non-hydrogen) atoms. The minimum Gasteiger partial charge on any atom is -0.302 e. The highest BCUT2D eigenvalue weighted by Gasteiger charge is 2.07. The first-order valence-corrected chi connectivity index (χ1v) is 5.31. The summed E-state index contributed by atoms with van der Waals surface area (Å²) < 4.78 is 0. The van der Waals surface area contributed by atoms with Crippen LogP contribution in [0.2, 0.25) is 0 Å². The summed E-state index contributed by atoms with van der Waals surface area (Å²) in [6, 6.07) is 9.71. The van der Waals surface area contributed by atoms with E-state index in [2.05, 4.69) is 18.7 Å². The van der Waals surface area contributed by atoms with Gasteiger partial charge >= 0.3 is 0 Å². The standard InChI is InChI=1S/C12H18N2O/c1-3-13(4-2)10-14(11-15)12-8-6-5-7-9-12/h5-9,11H,3-4,10H2,1-2H3. The first-order valence-electron chi connectivity index (χ1n) is 5.31. The van der Waals surface area contributed by atoms with Gasteiger partial charge in [0.15, 0.2) is 0 Å². The molecule has 0 N–H and O–H groups in total. The minimum atomic E-state index is 0.653. The Morgan fingerprint density at radius 2 is 1.73 bits per heavy atom. The normalized spacial score (nSPS) is 10.3. The lowest BCUT2D eigenvalue weighted by molar-refractivity contribution is -0.107. The van der Waals surface area contributed by atoms with Crippen LogP contribution in [-0.4, -0.2) is 31.1 Å². The van der Waals surface area contributed by atoms with E-state index in [4.69, 9.17) is 0 Å². The van der Waals surface area contributed by atoms with Crippen molar-refractivity contribution in [2.45, 2.75) is 13.8 Å². The minimum absolute atomic E-state index is 0.653. The Labute approximate surface area is 91.3 Å². The molecular weight excluding hydrogens is 188 g/mol. The fourth-order valence-electron chi connectivity index (χ4n) is 1.43. The van der Waals surface area contributed by atoms with Crippen molar-refractivity contribution in [3.8, 4) is 0 Å². The summed E-state index contributed by atoms with van der Waals surface area (Å²) in [5.74, 6) is 0. The first kappa shape index (κ1) is 11.7. The van der Waals surface area contributed by atoms with E-state index in [-0.39, 0.29) is 0 Å². The molecule has 0 saturated carbocycles. The van der Waals surface area contributed by atoms with Gasteiger partial charge < -0.3 is 4.90 Å². The van der Waals surface area contributed by atoms with Crippen molar-refractivity contribution in [2.75, 3.05) is 24.7 Å². The fraction of sp³-hybridized carbons (Fsp3) is 0.417. The van der Waals surface area contributed by atoms with Gasteiger partial charge in [-0.3, -0.25) is 9.69 Å². The Balaban J connectivity index is 2.68. The van der Waals surface area contributed by atoms with Crippen molar-refractivity contribution in [3.63, 3.8) is 0 Å². The Hall–Kier alpha value is -1.35. The summed E-state index contributed by atoms with van der Waals surface area (Å²) in [6.07, 6.45) is 0.883. The van der Waals surface area contributed by atoms with Gasteiger partial charge in [0.2, 0.25) is 6.41 Å². The summed E-state index contributed by atoms with van der Waals surface area (Å²) in [6.45, 7) is 6.75. The molecule has 0 unspecified atom stereocenters. The lowest BCUT2D eigenvalue weighted by Gasteiger charge is -2.25. The summed E-state index contributed by atoms with van der Waals surface area (Å²) in [7, 11) is 0. The molecule has 0 aliphatic carbocycles. The van der Waals surface area contributed by atoms with E-state index in [9.17, 15) is 4.79 Å². The maximum atomic E-state index is 11.0. The molecule has 1 rings (SSSR count). The third kappa shape index (κ3) is 3.36. The predicted molar refractivity (Wildman–Crippen MR) is 62.8 cm³/mol. The van der Waals surface area contributed by atoms with E-state index in [1.807, 2.05) is 30.3 Å². The topological polar surface area (TPSA) is 23.6 Å². The zero-order chi connectivity index (χ0) is 11.1. The van der Waals surface area contributed by atoms with Crippen molar-refractivity contribution >= 4 is 12.1 Å². The van der Waals surface area contributed by atoms with Gasteiger partial charge in [0, 0.05) is 5.69 Å². The highest BCUT2D eigenvalue weighted by molar-refractivity contribution is 5.74. The van der Waals surface area contributed by atoms with E-state index in [1.54, 1.807) is 4.90 Å². The van der Waals surface area contributed by atoms with Gasteiger partial charge in [0.1, 0.15) is 0 Å². The van der Waals surface area contributed by atoms with Gasteiger partial charge in [-0.05, 0) is 25.2 Å². The predicted octanol–water partition coefficient (Wildman–Crippen LogP) is 1.95. The van der Waals surface area contributed by atoms with Crippen LogP contribution >= 0.6 is 0 Å². The van der Waals surface area contributed by atoms with Crippen LogP contribution in [0.4, 0.5) is 5.69 Å². The monoisotopic (exact) mass is 206 g/mol. The van der Waals surface area contributed by atoms with Crippen molar-refractivity contribution in [1.82, 2.24) is 4.90 Å². The molecule has 0 fully saturated rings. The van der Waals surface area contributed by atoms with Gasteiger partial charge in [-0.25, -0.2) is 0 Å². The van der Waals surface area contributed by atoms with Crippen molar-refractivity contribution < 1.29 is 4.79 Å². The number of hydrogen-bond acceptors (Lipinski definition) is 2. The smallest absolute Gasteiger partial charge is 0.215 e.